The predicted octanol–water partition coefficient (Wildman–Crippen LogP) is -0.0976. The fourth-order valence-corrected chi connectivity index (χ4v) is 2.32. The summed E-state index contributed by atoms with van der Waals surface area (Å²) in [5, 5.41) is 9.15. The molecule has 7 nitrogen and oxygen atoms in total. The van der Waals surface area contributed by atoms with Crippen LogP contribution in [0.5, 0.6) is 0 Å². The molecule has 2 fully saturated rings. The molecule has 2 aliphatic heterocycles. The van der Waals surface area contributed by atoms with Crippen LogP contribution in [-0.2, 0) is 19.0 Å². The topological polar surface area (TPSA) is 85.3 Å². The molecular weight excluding hydrogens is 230 g/mol. The van der Waals surface area contributed by atoms with Gasteiger partial charge in [-0.1, -0.05) is 0 Å². The number of nitrogens with zero attached hydrogens (tertiary/aromatic N) is 1. The average Bonchev–Trinajstić information content (AvgIpc) is 2.76. The summed E-state index contributed by atoms with van der Waals surface area (Å²) in [5.74, 6) is -2.92. The van der Waals surface area contributed by atoms with Crippen LogP contribution in [0.25, 0.3) is 0 Å². The van der Waals surface area contributed by atoms with Crippen molar-refractivity contribution in [2.75, 3.05) is 33.4 Å². The van der Waals surface area contributed by atoms with Crippen LogP contribution in [0.15, 0.2) is 0 Å². The van der Waals surface area contributed by atoms with E-state index in [2.05, 4.69) is 4.74 Å². The number of rotatable bonds is 1. The lowest BCUT2D eigenvalue weighted by Crippen LogP contribution is -2.58. The van der Waals surface area contributed by atoms with E-state index in [1.54, 1.807) is 0 Å². The van der Waals surface area contributed by atoms with Crippen LogP contribution in [0.1, 0.15) is 6.42 Å². The van der Waals surface area contributed by atoms with E-state index in [4.69, 9.17) is 14.6 Å². The zero-order valence-corrected chi connectivity index (χ0v) is 9.55. The molecule has 0 aromatic rings. The van der Waals surface area contributed by atoms with Crippen LogP contribution in [0.3, 0.4) is 0 Å². The molecule has 2 rings (SSSR count). The van der Waals surface area contributed by atoms with Crippen molar-refractivity contribution < 1.29 is 28.9 Å². The molecule has 0 bridgehead atoms. The monoisotopic (exact) mass is 245 g/mol. The second kappa shape index (κ2) is 4.50. The van der Waals surface area contributed by atoms with E-state index in [0.717, 1.165) is 0 Å². The number of likely N-dealkylation sites (tertiary alicyclic amines) is 1. The summed E-state index contributed by atoms with van der Waals surface area (Å²) in [6.45, 7) is 1.12. The van der Waals surface area contributed by atoms with Gasteiger partial charge in [0.25, 0.3) is 0 Å². The number of hydrogen-bond donors (Lipinski definition) is 1. The van der Waals surface area contributed by atoms with Crippen molar-refractivity contribution in [1.82, 2.24) is 4.90 Å². The zero-order valence-electron chi connectivity index (χ0n) is 9.55. The highest BCUT2D eigenvalue weighted by Crippen LogP contribution is 2.35. The Morgan fingerprint density at radius 2 is 2.06 bits per heavy atom. The highest BCUT2D eigenvalue weighted by Gasteiger charge is 2.53. The highest BCUT2D eigenvalue weighted by atomic mass is 16.7. The third kappa shape index (κ3) is 2.07. The summed E-state index contributed by atoms with van der Waals surface area (Å²) in [5.41, 5.74) is 0. The lowest BCUT2D eigenvalue weighted by Gasteiger charge is -2.41. The van der Waals surface area contributed by atoms with Crippen molar-refractivity contribution in [2.45, 2.75) is 12.2 Å². The Morgan fingerprint density at radius 3 is 2.59 bits per heavy atom. The summed E-state index contributed by atoms with van der Waals surface area (Å²) in [4.78, 5) is 24.0. The summed E-state index contributed by atoms with van der Waals surface area (Å²) >= 11 is 0. The van der Waals surface area contributed by atoms with E-state index in [0.29, 0.717) is 26.2 Å². The van der Waals surface area contributed by atoms with Crippen LogP contribution in [0.2, 0.25) is 0 Å². The number of aliphatic carboxylic acids is 1. The number of ether oxygens (including phenoxy) is 3. The number of carbonyl (C=O) groups excluding carboxylic acids is 1. The summed E-state index contributed by atoms with van der Waals surface area (Å²) in [7, 11) is 1.29. The third-order valence-electron chi connectivity index (χ3n) is 3.14. The van der Waals surface area contributed by atoms with Crippen molar-refractivity contribution in [2.24, 2.45) is 5.92 Å². The van der Waals surface area contributed by atoms with Crippen molar-refractivity contribution in [3.8, 4) is 0 Å². The van der Waals surface area contributed by atoms with Gasteiger partial charge in [0.1, 0.15) is 5.92 Å². The van der Waals surface area contributed by atoms with Crippen LogP contribution >= 0.6 is 0 Å². The van der Waals surface area contributed by atoms with Gasteiger partial charge in [0.15, 0.2) is 5.79 Å². The van der Waals surface area contributed by atoms with Crippen molar-refractivity contribution in [3.63, 3.8) is 0 Å². The van der Waals surface area contributed by atoms with Gasteiger partial charge in [0, 0.05) is 6.54 Å². The molecule has 1 atom stereocenters. The van der Waals surface area contributed by atoms with Gasteiger partial charge in [-0.25, -0.2) is 4.79 Å². The first-order chi connectivity index (χ1) is 8.09. The van der Waals surface area contributed by atoms with E-state index < -0.39 is 23.8 Å². The second-order valence-electron chi connectivity index (χ2n) is 4.08. The molecule has 1 amide bonds. The zero-order chi connectivity index (χ0) is 12.5. The van der Waals surface area contributed by atoms with E-state index in [-0.39, 0.29) is 6.54 Å². The Balaban J connectivity index is 2.16. The van der Waals surface area contributed by atoms with Crippen LogP contribution in [0.4, 0.5) is 4.79 Å². The number of hydrogen-bond acceptors (Lipinski definition) is 5. The Hall–Kier alpha value is -1.34. The van der Waals surface area contributed by atoms with E-state index >= 15 is 0 Å². The Kier molecular flexibility index (Phi) is 3.21. The average molecular weight is 245 g/mol. The molecule has 1 spiro atoms. The SMILES string of the molecule is COC(=O)N1CCC(C(=O)O)C2(C1)OCCO2. The molecule has 0 saturated carbocycles. The Morgan fingerprint density at radius 1 is 1.41 bits per heavy atom. The molecule has 0 aliphatic carbocycles. The molecule has 0 aromatic carbocycles. The maximum absolute atomic E-state index is 11.4. The van der Waals surface area contributed by atoms with Gasteiger partial charge in [0.05, 0.1) is 26.9 Å². The summed E-state index contributed by atoms with van der Waals surface area (Å²) in [6, 6.07) is 0. The van der Waals surface area contributed by atoms with Gasteiger partial charge in [-0.05, 0) is 6.42 Å². The third-order valence-corrected chi connectivity index (χ3v) is 3.14. The minimum atomic E-state index is -1.21. The number of carboxylic acids is 1. The largest absolute Gasteiger partial charge is 0.481 e. The first-order valence-electron chi connectivity index (χ1n) is 5.43. The molecule has 0 aromatic heterocycles. The maximum atomic E-state index is 11.4. The normalized spacial score (nSPS) is 27.1. The van der Waals surface area contributed by atoms with Crippen molar-refractivity contribution in [1.29, 1.82) is 0 Å². The van der Waals surface area contributed by atoms with Gasteiger partial charge in [-0.15, -0.1) is 0 Å². The molecule has 96 valence electrons. The molecule has 1 unspecified atom stereocenters. The quantitative estimate of drug-likeness (QED) is 0.694. The highest BCUT2D eigenvalue weighted by molar-refractivity contribution is 5.73. The maximum Gasteiger partial charge on any atom is 0.409 e. The lowest BCUT2D eigenvalue weighted by atomic mass is 9.90. The molecule has 0 radical (unpaired) electrons. The molecule has 2 heterocycles. The number of amides is 1. The molecule has 17 heavy (non-hydrogen) atoms. The Labute approximate surface area is 98.2 Å². The minimum Gasteiger partial charge on any atom is -0.481 e. The van der Waals surface area contributed by atoms with Gasteiger partial charge < -0.3 is 24.2 Å². The first kappa shape index (κ1) is 12.1. The Bertz CT molecular complexity index is 325. The van der Waals surface area contributed by atoms with Gasteiger partial charge >= 0.3 is 12.1 Å². The predicted molar refractivity (Wildman–Crippen MR) is 54.4 cm³/mol. The molecule has 2 aliphatic rings. The summed E-state index contributed by atoms with van der Waals surface area (Å²) in [6.07, 6.45) is -0.197. The fraction of sp³-hybridized carbons (Fsp3) is 0.800. The van der Waals surface area contributed by atoms with Gasteiger partial charge in [-0.3, -0.25) is 4.79 Å². The van der Waals surface area contributed by atoms with Crippen molar-refractivity contribution in [3.05, 3.63) is 0 Å². The first-order valence-corrected chi connectivity index (χ1v) is 5.43. The molecule has 2 saturated heterocycles. The fourth-order valence-electron chi connectivity index (χ4n) is 2.32. The van der Waals surface area contributed by atoms with Crippen LogP contribution < -0.4 is 0 Å². The molecule has 1 N–H and O–H groups in total. The number of carbonyl (C=O) groups is 2. The smallest absolute Gasteiger partial charge is 0.409 e. The van der Waals surface area contributed by atoms with Crippen LogP contribution in [0, 0.1) is 5.92 Å². The van der Waals surface area contributed by atoms with E-state index in [1.165, 1.54) is 12.0 Å². The molecule has 7 heteroatoms. The van der Waals surface area contributed by atoms with E-state index in [1.807, 2.05) is 0 Å². The second-order valence-corrected chi connectivity index (χ2v) is 4.08. The number of piperidine rings is 1. The summed E-state index contributed by atoms with van der Waals surface area (Å²) < 4.78 is 15.5. The van der Waals surface area contributed by atoms with E-state index in [9.17, 15) is 9.59 Å². The molecular formula is C10H15NO6. The van der Waals surface area contributed by atoms with Gasteiger partial charge in [0.2, 0.25) is 0 Å². The van der Waals surface area contributed by atoms with Crippen molar-refractivity contribution >= 4 is 12.1 Å². The standard InChI is InChI=1S/C10H15NO6/c1-15-9(14)11-3-2-7(8(12)13)10(6-11)16-4-5-17-10/h7H,2-6H2,1H3,(H,12,13). The van der Waals surface area contributed by atoms with Gasteiger partial charge in [-0.2, -0.15) is 0 Å². The minimum absolute atomic E-state index is 0.0939. The van der Waals surface area contributed by atoms with Crippen LogP contribution in [-0.4, -0.2) is 61.3 Å². The number of carboxylic acid groups (broad SMARTS) is 1. The number of methoxy groups -OCH3 is 1. The lowest BCUT2D eigenvalue weighted by molar-refractivity contribution is -0.225.